The van der Waals surface area contributed by atoms with Crippen LogP contribution in [-0.4, -0.2) is 37.6 Å². The number of ether oxygens (including phenoxy) is 2. The van der Waals surface area contributed by atoms with Crippen LogP contribution in [-0.2, 0) is 0 Å². The summed E-state index contributed by atoms with van der Waals surface area (Å²) in [5, 5.41) is 0. The van der Waals surface area contributed by atoms with Crippen LogP contribution in [0.4, 0.5) is 0 Å². The number of rotatable bonds is 5. The van der Waals surface area contributed by atoms with Gasteiger partial charge >= 0.3 is 0 Å². The van der Waals surface area contributed by atoms with Crippen molar-refractivity contribution in [3.05, 3.63) is 64.1 Å². The molecule has 0 aromatic heterocycles. The molecule has 3 rings (SSSR count). The van der Waals surface area contributed by atoms with Gasteiger partial charge in [0.2, 0.25) is 0 Å². The summed E-state index contributed by atoms with van der Waals surface area (Å²) in [6.07, 6.45) is 2.99. The molecule has 0 aliphatic carbocycles. The van der Waals surface area contributed by atoms with Gasteiger partial charge in [0.05, 0.1) is 18.2 Å². The minimum Gasteiger partial charge on any atom is -0.492 e. The zero-order chi connectivity index (χ0) is 18.5. The standard InChI is InChI=1S/C21H22BrNO3/c1-3-26-19-14-17(13-18(22)20(19)25-2)21(24)23-11-9-16(10-12-23)15-7-5-4-6-8-15/h4-9,13-14H,3,10-12H2,1-2H3. The minimum absolute atomic E-state index is 0.00216. The predicted octanol–water partition coefficient (Wildman–Crippen LogP) is 4.79. The number of carbonyl (C=O) groups excluding carboxylic acids is 1. The maximum Gasteiger partial charge on any atom is 0.254 e. The smallest absolute Gasteiger partial charge is 0.254 e. The fourth-order valence-electron chi connectivity index (χ4n) is 3.10. The molecule has 136 valence electrons. The number of nitrogens with zero attached hydrogens (tertiary/aromatic N) is 1. The van der Waals surface area contributed by atoms with E-state index in [4.69, 9.17) is 9.47 Å². The van der Waals surface area contributed by atoms with E-state index in [9.17, 15) is 4.79 Å². The van der Waals surface area contributed by atoms with Gasteiger partial charge in [-0.3, -0.25) is 4.79 Å². The van der Waals surface area contributed by atoms with Gasteiger partial charge in [-0.2, -0.15) is 0 Å². The average molecular weight is 416 g/mol. The zero-order valence-corrected chi connectivity index (χ0v) is 16.6. The molecule has 0 radical (unpaired) electrons. The summed E-state index contributed by atoms with van der Waals surface area (Å²) in [5.41, 5.74) is 3.11. The van der Waals surface area contributed by atoms with Crippen LogP contribution < -0.4 is 9.47 Å². The number of hydrogen-bond acceptors (Lipinski definition) is 3. The van der Waals surface area contributed by atoms with Gasteiger partial charge in [0, 0.05) is 18.7 Å². The van der Waals surface area contributed by atoms with Crippen molar-refractivity contribution in [1.82, 2.24) is 4.90 Å². The SMILES string of the molecule is CCOc1cc(C(=O)N2CC=C(c3ccccc3)CC2)cc(Br)c1OC. The number of benzene rings is 2. The Balaban J connectivity index is 1.79. The molecule has 0 saturated carbocycles. The third-order valence-electron chi connectivity index (χ3n) is 4.40. The Labute approximate surface area is 162 Å². The zero-order valence-electron chi connectivity index (χ0n) is 15.0. The maximum atomic E-state index is 12.9. The highest BCUT2D eigenvalue weighted by Gasteiger charge is 2.22. The highest BCUT2D eigenvalue weighted by Crippen LogP contribution is 2.37. The average Bonchev–Trinajstić information content (AvgIpc) is 2.68. The van der Waals surface area contributed by atoms with Crippen molar-refractivity contribution in [3.8, 4) is 11.5 Å². The van der Waals surface area contributed by atoms with Gasteiger partial charge in [0.25, 0.3) is 5.91 Å². The Hall–Kier alpha value is -2.27. The molecule has 0 unspecified atom stereocenters. The maximum absolute atomic E-state index is 12.9. The Kier molecular flexibility index (Phi) is 5.99. The third kappa shape index (κ3) is 3.93. The topological polar surface area (TPSA) is 38.8 Å². The van der Waals surface area contributed by atoms with E-state index in [1.807, 2.05) is 30.0 Å². The Morgan fingerprint density at radius 2 is 2.00 bits per heavy atom. The van der Waals surface area contributed by atoms with Crippen molar-refractivity contribution < 1.29 is 14.3 Å². The monoisotopic (exact) mass is 415 g/mol. The molecule has 0 saturated heterocycles. The molecule has 2 aromatic rings. The van der Waals surface area contributed by atoms with E-state index in [0.29, 0.717) is 41.2 Å². The fraction of sp³-hybridized carbons (Fsp3) is 0.286. The second kappa shape index (κ2) is 8.41. The first-order valence-electron chi connectivity index (χ1n) is 8.68. The Bertz CT molecular complexity index is 818. The van der Waals surface area contributed by atoms with Gasteiger partial charge in [0.1, 0.15) is 0 Å². The number of amides is 1. The number of hydrogen-bond donors (Lipinski definition) is 0. The van der Waals surface area contributed by atoms with Crippen molar-refractivity contribution in [3.63, 3.8) is 0 Å². The molecule has 5 heteroatoms. The van der Waals surface area contributed by atoms with Gasteiger partial charge in [-0.15, -0.1) is 0 Å². The first-order chi connectivity index (χ1) is 12.6. The number of halogens is 1. The van der Waals surface area contributed by atoms with Gasteiger partial charge in [-0.05, 0) is 52.5 Å². The summed E-state index contributed by atoms with van der Waals surface area (Å²) in [5.74, 6) is 1.18. The molecular weight excluding hydrogens is 394 g/mol. The van der Waals surface area contributed by atoms with E-state index in [0.717, 1.165) is 6.42 Å². The van der Waals surface area contributed by atoms with Gasteiger partial charge in [-0.25, -0.2) is 0 Å². The van der Waals surface area contributed by atoms with Crippen molar-refractivity contribution >= 4 is 27.4 Å². The van der Waals surface area contributed by atoms with Crippen LogP contribution >= 0.6 is 15.9 Å². The van der Waals surface area contributed by atoms with Crippen LogP contribution in [0.3, 0.4) is 0 Å². The van der Waals surface area contributed by atoms with Gasteiger partial charge in [-0.1, -0.05) is 36.4 Å². The minimum atomic E-state index is -0.00216. The van der Waals surface area contributed by atoms with Crippen LogP contribution in [0.25, 0.3) is 5.57 Å². The predicted molar refractivity (Wildman–Crippen MR) is 107 cm³/mol. The second-order valence-corrected chi connectivity index (χ2v) is 6.87. The lowest BCUT2D eigenvalue weighted by molar-refractivity contribution is 0.0772. The second-order valence-electron chi connectivity index (χ2n) is 6.02. The Morgan fingerprint density at radius 1 is 1.23 bits per heavy atom. The van der Waals surface area contributed by atoms with Crippen LogP contribution in [0.15, 0.2) is 53.0 Å². The van der Waals surface area contributed by atoms with Crippen LogP contribution in [0, 0.1) is 0 Å². The van der Waals surface area contributed by atoms with Crippen molar-refractivity contribution in [2.75, 3.05) is 26.8 Å². The number of carbonyl (C=O) groups is 1. The summed E-state index contributed by atoms with van der Waals surface area (Å²) >= 11 is 3.47. The largest absolute Gasteiger partial charge is 0.492 e. The van der Waals surface area contributed by atoms with E-state index < -0.39 is 0 Å². The molecule has 0 bridgehead atoms. The highest BCUT2D eigenvalue weighted by atomic mass is 79.9. The molecule has 2 aromatic carbocycles. The molecule has 0 fully saturated rings. The number of methoxy groups -OCH3 is 1. The molecule has 0 atom stereocenters. The fourth-order valence-corrected chi connectivity index (χ4v) is 3.71. The first kappa shape index (κ1) is 18.5. The molecular formula is C21H22BrNO3. The molecule has 26 heavy (non-hydrogen) atoms. The van der Waals surface area contributed by atoms with E-state index in [1.165, 1.54) is 11.1 Å². The first-order valence-corrected chi connectivity index (χ1v) is 9.47. The van der Waals surface area contributed by atoms with E-state index in [1.54, 1.807) is 19.2 Å². The van der Waals surface area contributed by atoms with Gasteiger partial charge in [0.15, 0.2) is 11.5 Å². The van der Waals surface area contributed by atoms with E-state index in [-0.39, 0.29) is 5.91 Å². The summed E-state index contributed by atoms with van der Waals surface area (Å²) in [4.78, 5) is 14.8. The van der Waals surface area contributed by atoms with Crippen LogP contribution in [0.5, 0.6) is 11.5 Å². The summed E-state index contributed by atoms with van der Waals surface area (Å²) in [6, 6.07) is 13.9. The van der Waals surface area contributed by atoms with E-state index in [2.05, 4.69) is 34.1 Å². The summed E-state index contributed by atoms with van der Waals surface area (Å²) < 4.78 is 11.7. The highest BCUT2D eigenvalue weighted by molar-refractivity contribution is 9.10. The van der Waals surface area contributed by atoms with Crippen LogP contribution in [0.2, 0.25) is 0 Å². The lowest BCUT2D eigenvalue weighted by Gasteiger charge is -2.27. The van der Waals surface area contributed by atoms with Crippen molar-refractivity contribution in [1.29, 1.82) is 0 Å². The molecule has 4 nitrogen and oxygen atoms in total. The van der Waals surface area contributed by atoms with Crippen LogP contribution in [0.1, 0.15) is 29.3 Å². The molecule has 0 spiro atoms. The lowest BCUT2D eigenvalue weighted by Crippen LogP contribution is -2.34. The summed E-state index contributed by atoms with van der Waals surface area (Å²) in [7, 11) is 1.59. The van der Waals surface area contributed by atoms with E-state index >= 15 is 0 Å². The lowest BCUT2D eigenvalue weighted by atomic mass is 9.99. The molecule has 1 amide bonds. The third-order valence-corrected chi connectivity index (χ3v) is 4.99. The molecule has 1 aliphatic heterocycles. The van der Waals surface area contributed by atoms with Gasteiger partial charge < -0.3 is 14.4 Å². The normalized spacial score (nSPS) is 14.0. The quantitative estimate of drug-likeness (QED) is 0.704. The Morgan fingerprint density at radius 3 is 2.62 bits per heavy atom. The van der Waals surface area contributed by atoms with Crippen molar-refractivity contribution in [2.45, 2.75) is 13.3 Å². The molecule has 0 N–H and O–H groups in total. The molecule has 1 aliphatic rings. The summed E-state index contributed by atoms with van der Waals surface area (Å²) in [6.45, 7) is 3.72. The van der Waals surface area contributed by atoms with Crippen molar-refractivity contribution in [2.24, 2.45) is 0 Å². The molecule has 1 heterocycles.